The van der Waals surface area contributed by atoms with Gasteiger partial charge in [0.1, 0.15) is 0 Å². The van der Waals surface area contributed by atoms with Crippen LogP contribution in [0, 0.1) is 0 Å². The highest BCUT2D eigenvalue weighted by molar-refractivity contribution is 9.10. The molecule has 0 bridgehead atoms. The summed E-state index contributed by atoms with van der Waals surface area (Å²) in [5, 5.41) is 3.77. The van der Waals surface area contributed by atoms with Gasteiger partial charge >= 0.3 is 0 Å². The predicted octanol–water partition coefficient (Wildman–Crippen LogP) is 2.61. The summed E-state index contributed by atoms with van der Waals surface area (Å²) in [6.45, 7) is 6.81. The highest BCUT2D eigenvalue weighted by Gasteiger charge is 2.29. The molecule has 2 unspecified atom stereocenters. The lowest BCUT2D eigenvalue weighted by Gasteiger charge is -2.42. The van der Waals surface area contributed by atoms with Crippen molar-refractivity contribution in [3.8, 4) is 0 Å². The fourth-order valence-electron chi connectivity index (χ4n) is 3.03. The quantitative estimate of drug-likeness (QED) is 0.847. The van der Waals surface area contributed by atoms with Crippen molar-refractivity contribution in [1.29, 1.82) is 0 Å². The Morgan fingerprint density at radius 1 is 1.24 bits per heavy atom. The Bertz CT molecular complexity index is 421. The number of halogens is 1. The molecule has 0 radical (unpaired) electrons. The Balaban J connectivity index is 2.07. The summed E-state index contributed by atoms with van der Waals surface area (Å²) in [4.78, 5) is 4.97. The topological polar surface area (TPSA) is 18.5 Å². The zero-order valence-corrected chi connectivity index (χ0v) is 15.1. The van der Waals surface area contributed by atoms with Crippen LogP contribution in [-0.2, 0) is 6.42 Å². The second-order valence-electron chi connectivity index (χ2n) is 6.20. The Morgan fingerprint density at radius 3 is 2.62 bits per heavy atom. The Kier molecular flexibility index (Phi) is 6.68. The maximum Gasteiger partial charge on any atom is 0.0377 e. The molecule has 1 fully saturated rings. The third kappa shape index (κ3) is 5.06. The van der Waals surface area contributed by atoms with E-state index in [1.807, 2.05) is 0 Å². The SMILES string of the molecule is CCCNC(Cc1ccc(Br)cc1)C1CN(C)CCN1C. The highest BCUT2D eigenvalue weighted by atomic mass is 79.9. The Morgan fingerprint density at radius 2 is 1.95 bits per heavy atom. The maximum atomic E-state index is 3.77. The van der Waals surface area contributed by atoms with E-state index >= 15 is 0 Å². The van der Waals surface area contributed by atoms with Crippen LogP contribution in [0.4, 0.5) is 0 Å². The van der Waals surface area contributed by atoms with Crippen molar-refractivity contribution in [2.75, 3.05) is 40.3 Å². The molecule has 0 aromatic heterocycles. The van der Waals surface area contributed by atoms with E-state index in [4.69, 9.17) is 0 Å². The van der Waals surface area contributed by atoms with E-state index in [1.165, 1.54) is 18.5 Å². The number of nitrogens with zero attached hydrogens (tertiary/aromatic N) is 2. The third-order valence-corrected chi connectivity index (χ3v) is 4.92. The normalized spacial score (nSPS) is 22.4. The van der Waals surface area contributed by atoms with Gasteiger partial charge in [0.05, 0.1) is 0 Å². The van der Waals surface area contributed by atoms with Gasteiger partial charge < -0.3 is 10.2 Å². The van der Waals surface area contributed by atoms with E-state index < -0.39 is 0 Å². The molecular formula is C17H28BrN3. The van der Waals surface area contributed by atoms with Crippen LogP contribution in [0.3, 0.4) is 0 Å². The Labute approximate surface area is 137 Å². The molecule has 0 saturated carbocycles. The number of hydrogen-bond acceptors (Lipinski definition) is 3. The number of nitrogens with one attached hydrogen (secondary N) is 1. The summed E-state index contributed by atoms with van der Waals surface area (Å²) in [6, 6.07) is 9.85. The van der Waals surface area contributed by atoms with Crippen molar-refractivity contribution < 1.29 is 0 Å². The lowest BCUT2D eigenvalue weighted by atomic mass is 9.96. The second kappa shape index (κ2) is 8.28. The largest absolute Gasteiger partial charge is 0.312 e. The first kappa shape index (κ1) is 16.9. The van der Waals surface area contributed by atoms with Gasteiger partial charge in [-0.05, 0) is 51.2 Å². The molecule has 0 spiro atoms. The van der Waals surface area contributed by atoms with Crippen LogP contribution in [0.1, 0.15) is 18.9 Å². The molecule has 1 saturated heterocycles. The first-order chi connectivity index (χ1) is 10.1. The van der Waals surface area contributed by atoms with Crippen LogP contribution in [-0.4, -0.2) is 62.2 Å². The van der Waals surface area contributed by atoms with Gasteiger partial charge in [-0.2, -0.15) is 0 Å². The molecule has 1 aliphatic heterocycles. The van der Waals surface area contributed by atoms with Crippen molar-refractivity contribution in [3.05, 3.63) is 34.3 Å². The monoisotopic (exact) mass is 353 g/mol. The Hall–Kier alpha value is -0.420. The molecule has 2 atom stereocenters. The molecule has 2 rings (SSSR count). The number of hydrogen-bond donors (Lipinski definition) is 1. The number of piperazine rings is 1. The molecule has 1 aliphatic rings. The van der Waals surface area contributed by atoms with Crippen LogP contribution >= 0.6 is 15.9 Å². The molecule has 0 aliphatic carbocycles. The van der Waals surface area contributed by atoms with E-state index in [1.54, 1.807) is 0 Å². The van der Waals surface area contributed by atoms with Gasteiger partial charge in [-0.25, -0.2) is 0 Å². The van der Waals surface area contributed by atoms with Gasteiger partial charge in [0, 0.05) is 36.2 Å². The summed E-state index contributed by atoms with van der Waals surface area (Å²) in [6.07, 6.45) is 2.28. The minimum Gasteiger partial charge on any atom is -0.312 e. The van der Waals surface area contributed by atoms with Crippen LogP contribution in [0.2, 0.25) is 0 Å². The van der Waals surface area contributed by atoms with Gasteiger partial charge in [-0.1, -0.05) is 35.0 Å². The lowest BCUT2D eigenvalue weighted by Crippen LogP contribution is -2.59. The summed E-state index contributed by atoms with van der Waals surface area (Å²) in [7, 11) is 4.50. The average molecular weight is 354 g/mol. The van der Waals surface area contributed by atoms with Gasteiger partial charge in [0.15, 0.2) is 0 Å². The molecule has 1 aromatic rings. The highest BCUT2D eigenvalue weighted by Crippen LogP contribution is 2.17. The minimum atomic E-state index is 0.513. The summed E-state index contributed by atoms with van der Waals surface area (Å²) in [5.74, 6) is 0. The number of benzene rings is 1. The van der Waals surface area contributed by atoms with E-state index in [0.29, 0.717) is 12.1 Å². The minimum absolute atomic E-state index is 0.513. The third-order valence-electron chi connectivity index (χ3n) is 4.39. The standard InChI is InChI=1S/C17H28BrN3/c1-4-9-19-16(12-14-5-7-15(18)8-6-14)17-13-20(2)10-11-21(17)3/h5-8,16-17,19H,4,9-13H2,1-3H3. The smallest absolute Gasteiger partial charge is 0.0377 e. The fourth-order valence-corrected chi connectivity index (χ4v) is 3.29. The van der Waals surface area contributed by atoms with Crippen molar-refractivity contribution in [3.63, 3.8) is 0 Å². The second-order valence-corrected chi connectivity index (χ2v) is 7.12. The zero-order chi connectivity index (χ0) is 15.2. The maximum absolute atomic E-state index is 3.77. The van der Waals surface area contributed by atoms with Crippen LogP contribution in [0.25, 0.3) is 0 Å². The summed E-state index contributed by atoms with van der Waals surface area (Å²) in [5.41, 5.74) is 1.41. The van der Waals surface area contributed by atoms with Crippen LogP contribution < -0.4 is 5.32 Å². The lowest BCUT2D eigenvalue weighted by molar-refractivity contribution is 0.0876. The van der Waals surface area contributed by atoms with Crippen LogP contribution in [0.5, 0.6) is 0 Å². The van der Waals surface area contributed by atoms with E-state index in [9.17, 15) is 0 Å². The van der Waals surface area contributed by atoms with Gasteiger partial charge in [-0.15, -0.1) is 0 Å². The van der Waals surface area contributed by atoms with Crippen LogP contribution in [0.15, 0.2) is 28.7 Å². The van der Waals surface area contributed by atoms with E-state index in [-0.39, 0.29) is 0 Å². The first-order valence-electron chi connectivity index (χ1n) is 7.96. The summed E-state index contributed by atoms with van der Waals surface area (Å²) >= 11 is 3.52. The van der Waals surface area contributed by atoms with Crippen molar-refractivity contribution >= 4 is 15.9 Å². The van der Waals surface area contributed by atoms with Gasteiger partial charge in [0.25, 0.3) is 0 Å². The van der Waals surface area contributed by atoms with E-state index in [0.717, 1.165) is 30.5 Å². The molecule has 1 heterocycles. The summed E-state index contributed by atoms with van der Waals surface area (Å²) < 4.78 is 1.15. The fraction of sp³-hybridized carbons (Fsp3) is 0.647. The molecule has 1 N–H and O–H groups in total. The molecular weight excluding hydrogens is 326 g/mol. The molecule has 3 nitrogen and oxygen atoms in total. The van der Waals surface area contributed by atoms with E-state index in [2.05, 4.69) is 76.3 Å². The molecule has 0 amide bonds. The van der Waals surface area contributed by atoms with Gasteiger partial charge in [0.2, 0.25) is 0 Å². The average Bonchev–Trinajstić information content (AvgIpc) is 2.48. The molecule has 4 heteroatoms. The molecule has 118 valence electrons. The van der Waals surface area contributed by atoms with Gasteiger partial charge in [-0.3, -0.25) is 4.90 Å². The first-order valence-corrected chi connectivity index (χ1v) is 8.76. The van der Waals surface area contributed by atoms with Crippen molar-refractivity contribution in [2.24, 2.45) is 0 Å². The van der Waals surface area contributed by atoms with Crippen molar-refractivity contribution in [2.45, 2.75) is 31.8 Å². The number of rotatable bonds is 6. The zero-order valence-electron chi connectivity index (χ0n) is 13.5. The molecule has 1 aromatic carbocycles. The predicted molar refractivity (Wildman–Crippen MR) is 93.8 cm³/mol. The molecule has 21 heavy (non-hydrogen) atoms. The van der Waals surface area contributed by atoms with Crippen molar-refractivity contribution in [1.82, 2.24) is 15.1 Å². The number of likely N-dealkylation sites (N-methyl/N-ethyl adjacent to an activating group) is 2.